The second-order valence-electron chi connectivity index (χ2n) is 5.68. The number of carbonyl (C=O) groups excluding carboxylic acids is 1. The Labute approximate surface area is 161 Å². The predicted octanol–water partition coefficient (Wildman–Crippen LogP) is 4.18. The summed E-state index contributed by atoms with van der Waals surface area (Å²) in [5, 5.41) is -0.349. The van der Waals surface area contributed by atoms with E-state index in [4.69, 9.17) is 4.18 Å². The molecule has 2 heterocycles. The molecule has 0 saturated carbocycles. The standard InChI is InChI=1S/C17H12F3NO5S2/c1-9-3-5-10(6-4-9)28(23,24)26-14-8-12(17(18,19)20)11-7-13(16(22)25-2)27-15(11)21-14/h3-8H,1-2H3. The fourth-order valence-electron chi connectivity index (χ4n) is 2.33. The number of nitrogens with zero attached hydrogens (tertiary/aromatic N) is 1. The summed E-state index contributed by atoms with van der Waals surface area (Å²) in [7, 11) is -3.30. The van der Waals surface area contributed by atoms with Gasteiger partial charge in [-0.15, -0.1) is 11.3 Å². The third-order valence-corrected chi connectivity index (χ3v) is 5.93. The van der Waals surface area contributed by atoms with E-state index in [1.54, 1.807) is 6.92 Å². The Morgan fingerprint density at radius 1 is 1.14 bits per heavy atom. The molecular weight excluding hydrogens is 419 g/mol. The second-order valence-corrected chi connectivity index (χ2v) is 8.25. The number of carbonyl (C=O) groups is 1. The van der Waals surface area contributed by atoms with E-state index < -0.39 is 33.7 Å². The Morgan fingerprint density at radius 3 is 2.36 bits per heavy atom. The first-order chi connectivity index (χ1) is 13.0. The molecule has 0 amide bonds. The van der Waals surface area contributed by atoms with E-state index in [1.807, 2.05) is 0 Å². The average Bonchev–Trinajstić information content (AvgIpc) is 3.03. The molecule has 3 rings (SSSR count). The summed E-state index contributed by atoms with van der Waals surface area (Å²) < 4.78 is 74.4. The van der Waals surface area contributed by atoms with Crippen LogP contribution in [-0.2, 0) is 21.0 Å². The summed E-state index contributed by atoms with van der Waals surface area (Å²) in [5.41, 5.74) is -0.371. The Hall–Kier alpha value is -2.66. The molecule has 0 aliphatic rings. The van der Waals surface area contributed by atoms with Gasteiger partial charge in [0.1, 0.15) is 14.6 Å². The Kier molecular flexibility index (Phi) is 5.06. The minimum absolute atomic E-state index is 0.103. The molecule has 0 radical (unpaired) electrons. The van der Waals surface area contributed by atoms with Crippen molar-refractivity contribution in [2.24, 2.45) is 0 Å². The molecule has 0 spiro atoms. The van der Waals surface area contributed by atoms with Gasteiger partial charge in [0.15, 0.2) is 0 Å². The summed E-state index contributed by atoms with van der Waals surface area (Å²) in [6, 6.07) is 7.08. The molecule has 0 atom stereocenters. The molecule has 0 bridgehead atoms. The molecule has 0 unspecified atom stereocenters. The van der Waals surface area contributed by atoms with Gasteiger partial charge in [-0.25, -0.2) is 9.78 Å². The van der Waals surface area contributed by atoms with E-state index in [0.717, 1.165) is 18.7 Å². The maximum atomic E-state index is 13.4. The van der Waals surface area contributed by atoms with Crippen molar-refractivity contribution in [3.05, 3.63) is 52.4 Å². The number of methoxy groups -OCH3 is 1. The zero-order valence-corrected chi connectivity index (χ0v) is 16.0. The highest BCUT2D eigenvalue weighted by molar-refractivity contribution is 7.87. The number of fused-ring (bicyclic) bond motifs is 1. The summed E-state index contributed by atoms with van der Waals surface area (Å²) in [6.07, 6.45) is -4.82. The number of ether oxygens (including phenoxy) is 1. The van der Waals surface area contributed by atoms with E-state index in [2.05, 4.69) is 9.72 Å². The molecule has 2 aromatic heterocycles. The van der Waals surface area contributed by atoms with Crippen LogP contribution in [0.2, 0.25) is 0 Å². The highest BCUT2D eigenvalue weighted by Gasteiger charge is 2.35. The smallest absolute Gasteiger partial charge is 0.417 e. The van der Waals surface area contributed by atoms with Crippen molar-refractivity contribution in [3.63, 3.8) is 0 Å². The highest BCUT2D eigenvalue weighted by atomic mass is 32.2. The van der Waals surface area contributed by atoms with Crippen molar-refractivity contribution in [1.82, 2.24) is 4.98 Å². The first-order valence-electron chi connectivity index (χ1n) is 7.62. The number of hydrogen-bond donors (Lipinski definition) is 0. The minimum Gasteiger partial charge on any atom is -0.465 e. The van der Waals surface area contributed by atoms with Crippen LogP contribution in [0.4, 0.5) is 13.2 Å². The van der Waals surface area contributed by atoms with Crippen LogP contribution < -0.4 is 4.18 Å². The van der Waals surface area contributed by atoms with E-state index in [9.17, 15) is 26.4 Å². The number of thiophene rings is 1. The maximum absolute atomic E-state index is 13.4. The molecule has 11 heteroatoms. The van der Waals surface area contributed by atoms with E-state index in [-0.39, 0.29) is 20.0 Å². The molecule has 0 aliphatic heterocycles. The van der Waals surface area contributed by atoms with Crippen LogP contribution in [0.15, 0.2) is 41.3 Å². The second kappa shape index (κ2) is 7.06. The molecule has 0 fully saturated rings. The molecule has 148 valence electrons. The van der Waals surface area contributed by atoms with Crippen LogP contribution in [0.1, 0.15) is 20.8 Å². The SMILES string of the molecule is COC(=O)c1cc2c(C(F)(F)F)cc(OS(=O)(=O)c3ccc(C)cc3)nc2s1. The number of aryl methyl sites for hydroxylation is 1. The van der Waals surface area contributed by atoms with Crippen molar-refractivity contribution in [2.75, 3.05) is 7.11 Å². The number of hydrogen-bond acceptors (Lipinski definition) is 7. The zero-order valence-electron chi connectivity index (χ0n) is 14.4. The minimum atomic E-state index is -4.82. The van der Waals surface area contributed by atoms with Gasteiger partial charge < -0.3 is 8.92 Å². The van der Waals surface area contributed by atoms with Crippen LogP contribution in [0.5, 0.6) is 5.88 Å². The van der Waals surface area contributed by atoms with Crippen LogP contribution in [0.3, 0.4) is 0 Å². The van der Waals surface area contributed by atoms with Gasteiger partial charge in [0.25, 0.3) is 0 Å². The van der Waals surface area contributed by atoms with Crippen LogP contribution in [0.25, 0.3) is 10.2 Å². The predicted molar refractivity (Wildman–Crippen MR) is 95.0 cm³/mol. The van der Waals surface area contributed by atoms with Crippen molar-refractivity contribution in [3.8, 4) is 5.88 Å². The fourth-order valence-corrected chi connectivity index (χ4v) is 4.18. The first-order valence-corrected chi connectivity index (χ1v) is 9.85. The van der Waals surface area contributed by atoms with E-state index in [1.165, 1.54) is 24.3 Å². The van der Waals surface area contributed by atoms with Gasteiger partial charge in [0, 0.05) is 11.5 Å². The Balaban J connectivity index is 2.11. The fraction of sp³-hybridized carbons (Fsp3) is 0.176. The third kappa shape index (κ3) is 3.94. The van der Waals surface area contributed by atoms with Gasteiger partial charge >= 0.3 is 22.3 Å². The van der Waals surface area contributed by atoms with Crippen LogP contribution in [-0.4, -0.2) is 26.5 Å². The zero-order chi connectivity index (χ0) is 20.7. The lowest BCUT2D eigenvalue weighted by Crippen LogP contribution is -2.12. The van der Waals surface area contributed by atoms with Gasteiger partial charge in [0.05, 0.1) is 12.7 Å². The van der Waals surface area contributed by atoms with Gasteiger partial charge in [-0.05, 0) is 25.1 Å². The maximum Gasteiger partial charge on any atom is 0.417 e. The summed E-state index contributed by atoms with van der Waals surface area (Å²) >= 11 is 0.638. The number of esters is 1. The van der Waals surface area contributed by atoms with E-state index >= 15 is 0 Å². The quantitative estimate of drug-likeness (QED) is 0.455. The highest BCUT2D eigenvalue weighted by Crippen LogP contribution is 2.39. The molecular formula is C17H12F3NO5S2. The number of rotatable bonds is 4. The largest absolute Gasteiger partial charge is 0.465 e. The lowest BCUT2D eigenvalue weighted by Gasteiger charge is -2.11. The average molecular weight is 431 g/mol. The molecule has 0 N–H and O–H groups in total. The van der Waals surface area contributed by atoms with Crippen molar-refractivity contribution in [1.29, 1.82) is 0 Å². The van der Waals surface area contributed by atoms with Crippen LogP contribution >= 0.6 is 11.3 Å². The van der Waals surface area contributed by atoms with Gasteiger partial charge in [-0.2, -0.15) is 21.6 Å². The topological polar surface area (TPSA) is 82.6 Å². The van der Waals surface area contributed by atoms with Crippen molar-refractivity contribution < 1.29 is 35.3 Å². The van der Waals surface area contributed by atoms with Gasteiger partial charge in [-0.3, -0.25) is 0 Å². The lowest BCUT2D eigenvalue weighted by atomic mass is 10.1. The molecule has 28 heavy (non-hydrogen) atoms. The summed E-state index contributed by atoms with van der Waals surface area (Å²) in [5.74, 6) is -1.58. The number of halogens is 3. The van der Waals surface area contributed by atoms with Gasteiger partial charge in [0.2, 0.25) is 5.88 Å². The van der Waals surface area contributed by atoms with Crippen LogP contribution in [0, 0.1) is 6.92 Å². The monoisotopic (exact) mass is 431 g/mol. The van der Waals surface area contributed by atoms with E-state index in [0.29, 0.717) is 17.4 Å². The normalized spacial score (nSPS) is 12.2. The molecule has 1 aromatic carbocycles. The lowest BCUT2D eigenvalue weighted by molar-refractivity contribution is -0.136. The number of alkyl halides is 3. The van der Waals surface area contributed by atoms with Crippen molar-refractivity contribution in [2.45, 2.75) is 18.0 Å². The number of benzene rings is 1. The van der Waals surface area contributed by atoms with Crippen molar-refractivity contribution >= 4 is 37.6 Å². The Bertz CT molecular complexity index is 1150. The summed E-state index contributed by atoms with van der Waals surface area (Å²) in [4.78, 5) is 14.9. The number of aromatic nitrogens is 1. The first kappa shape index (κ1) is 20.1. The number of pyridine rings is 1. The molecule has 3 aromatic rings. The molecule has 6 nitrogen and oxygen atoms in total. The third-order valence-electron chi connectivity index (χ3n) is 3.68. The van der Waals surface area contributed by atoms with Gasteiger partial charge in [-0.1, -0.05) is 17.7 Å². The molecule has 0 aliphatic carbocycles. The summed E-state index contributed by atoms with van der Waals surface area (Å²) in [6.45, 7) is 1.75. The molecule has 0 saturated heterocycles. The Morgan fingerprint density at radius 2 is 1.79 bits per heavy atom.